The molecule has 2 aliphatic carbocycles. The second-order valence-electron chi connectivity index (χ2n) is 16.0. The summed E-state index contributed by atoms with van der Waals surface area (Å²) in [7, 11) is 0. The third-order valence-electron chi connectivity index (χ3n) is 13.3. The Hall–Kier alpha value is -0.400. The highest BCUT2D eigenvalue weighted by atomic mass is 17.3. The van der Waals surface area contributed by atoms with Gasteiger partial charge in [-0.15, -0.1) is 0 Å². The van der Waals surface area contributed by atoms with E-state index in [-0.39, 0.29) is 36.3 Å². The molecule has 250 valence electrons. The van der Waals surface area contributed by atoms with Gasteiger partial charge >= 0.3 is 0 Å². The zero-order valence-corrected chi connectivity index (χ0v) is 27.5. The van der Waals surface area contributed by atoms with Crippen LogP contribution < -0.4 is 0 Å². The van der Waals surface area contributed by atoms with Gasteiger partial charge in [-0.25, -0.2) is 19.6 Å². The maximum atomic E-state index is 6.57. The van der Waals surface area contributed by atoms with Crippen molar-refractivity contribution in [2.24, 2.45) is 47.3 Å². The first-order chi connectivity index (χ1) is 21.1. The van der Waals surface area contributed by atoms with Gasteiger partial charge in [-0.2, -0.15) is 0 Å². The highest BCUT2D eigenvalue weighted by Gasteiger charge is 2.71. The average Bonchev–Trinajstić information content (AvgIpc) is 3.37. The molecule has 0 aromatic carbocycles. The summed E-state index contributed by atoms with van der Waals surface area (Å²) in [6.07, 6.45) is 8.33. The second-order valence-corrected chi connectivity index (χ2v) is 16.0. The lowest BCUT2D eigenvalue weighted by molar-refractivity contribution is -0.577. The first kappa shape index (κ1) is 30.9. The maximum absolute atomic E-state index is 6.57. The second kappa shape index (κ2) is 11.1. The van der Waals surface area contributed by atoms with Crippen LogP contribution in [-0.2, 0) is 48.0 Å². The SMILES string of the molecule is C[C@H]1[C@H](OCCCCO[C@H]2O[C@@H]3O[C@@]4(C)CC[C@H]5[C@H](C)CC[C@@H]([C@H]2C)[C@@]35OO4)O[C@@H]2O[C@@]3(C)CC[C@H]4[C@H](C)CC[C@@H]1[C@@]24OO3. The standard InChI is InChI=1S/C34H54O10/c1-19-9-11-25-21(3)27(37-29-33(25)23(19)13-15-31(5,39-29)41-43-33)35-17-7-8-18-36-28-22(4)26-12-10-20(2)24-14-16-32(6)40-30(38-28)34(24,26)44-42-32/h19-30H,7-18H2,1-6H3/t19-,20-,21-,22-,23+,24+,25+,26+,27-,28+,29-,30-,31-,32-,33-,34-/m1/s1. The molecule has 0 radical (unpaired) electrons. The Balaban J connectivity index is 0.858. The molecule has 2 spiro atoms. The molecule has 16 atom stereocenters. The molecule has 44 heavy (non-hydrogen) atoms. The van der Waals surface area contributed by atoms with Gasteiger partial charge in [-0.3, -0.25) is 0 Å². The van der Waals surface area contributed by atoms with Gasteiger partial charge in [-0.05, 0) is 88.9 Å². The molecule has 10 heteroatoms. The molecule has 10 nitrogen and oxygen atoms in total. The van der Waals surface area contributed by atoms with Crippen LogP contribution in [0.1, 0.15) is 106 Å². The van der Waals surface area contributed by atoms with Crippen molar-refractivity contribution >= 4 is 0 Å². The first-order valence-electron chi connectivity index (χ1n) is 17.7. The fraction of sp³-hybridized carbons (Fsp3) is 1.00. The third kappa shape index (κ3) is 4.56. The summed E-state index contributed by atoms with van der Waals surface area (Å²) in [5, 5.41) is 0. The fourth-order valence-corrected chi connectivity index (χ4v) is 10.7. The Kier molecular flexibility index (Phi) is 7.78. The summed E-state index contributed by atoms with van der Waals surface area (Å²) < 4.78 is 38.9. The van der Waals surface area contributed by atoms with Gasteiger partial charge < -0.3 is 28.4 Å². The average molecular weight is 623 g/mol. The van der Waals surface area contributed by atoms with Crippen molar-refractivity contribution in [1.82, 2.24) is 0 Å². The van der Waals surface area contributed by atoms with E-state index in [1.165, 1.54) is 12.8 Å². The third-order valence-corrected chi connectivity index (χ3v) is 13.3. The zero-order chi connectivity index (χ0) is 30.5. The molecule has 10 rings (SSSR count). The van der Waals surface area contributed by atoms with Gasteiger partial charge in [0.2, 0.25) is 11.6 Å². The molecule has 0 aromatic rings. The van der Waals surface area contributed by atoms with Crippen LogP contribution in [0.5, 0.6) is 0 Å². The van der Waals surface area contributed by atoms with Crippen LogP contribution in [0.4, 0.5) is 0 Å². The van der Waals surface area contributed by atoms with E-state index in [0.29, 0.717) is 36.9 Å². The van der Waals surface area contributed by atoms with E-state index in [9.17, 15) is 0 Å². The van der Waals surface area contributed by atoms with Crippen molar-refractivity contribution in [3.63, 3.8) is 0 Å². The summed E-state index contributed by atoms with van der Waals surface area (Å²) in [4.78, 5) is 24.4. The molecule has 0 amide bonds. The molecule has 0 aromatic heterocycles. The van der Waals surface area contributed by atoms with Gasteiger partial charge in [-0.1, -0.05) is 27.7 Å². The minimum Gasteiger partial charge on any atom is -0.352 e. The number of rotatable bonds is 7. The first-order valence-corrected chi connectivity index (χ1v) is 17.7. The highest BCUT2D eigenvalue weighted by molar-refractivity contribution is 5.10. The smallest absolute Gasteiger partial charge is 0.201 e. The van der Waals surface area contributed by atoms with Crippen LogP contribution in [0, 0.1) is 47.3 Å². The zero-order valence-electron chi connectivity index (χ0n) is 27.5. The molecule has 8 saturated heterocycles. The van der Waals surface area contributed by atoms with Gasteiger partial charge in [0.05, 0.1) is 0 Å². The van der Waals surface area contributed by atoms with E-state index >= 15 is 0 Å². The number of ether oxygens (including phenoxy) is 6. The lowest BCUT2D eigenvalue weighted by Gasteiger charge is -2.60. The fourth-order valence-electron chi connectivity index (χ4n) is 10.7. The van der Waals surface area contributed by atoms with Crippen LogP contribution in [0.15, 0.2) is 0 Å². The van der Waals surface area contributed by atoms with E-state index in [0.717, 1.165) is 51.4 Å². The lowest BCUT2D eigenvalue weighted by Crippen LogP contribution is -2.70. The lowest BCUT2D eigenvalue weighted by atomic mass is 9.58. The van der Waals surface area contributed by atoms with Crippen LogP contribution in [-0.4, -0.2) is 61.2 Å². The summed E-state index contributed by atoms with van der Waals surface area (Å²) >= 11 is 0. The Morgan fingerprint density at radius 3 is 1.41 bits per heavy atom. The molecule has 10 aliphatic rings. The number of fused-ring (bicyclic) bond motifs is 4. The molecule has 8 aliphatic heterocycles. The van der Waals surface area contributed by atoms with Gasteiger partial charge in [0.15, 0.2) is 36.4 Å². The molecular weight excluding hydrogens is 568 g/mol. The predicted molar refractivity (Wildman–Crippen MR) is 155 cm³/mol. The van der Waals surface area contributed by atoms with Crippen LogP contribution in [0.25, 0.3) is 0 Å². The van der Waals surface area contributed by atoms with Crippen molar-refractivity contribution in [2.75, 3.05) is 13.2 Å². The summed E-state index contributed by atoms with van der Waals surface area (Å²) in [6, 6.07) is 0. The Labute approximate surface area is 262 Å². The maximum Gasteiger partial charge on any atom is 0.201 e. The van der Waals surface area contributed by atoms with Crippen LogP contribution in [0.2, 0.25) is 0 Å². The van der Waals surface area contributed by atoms with E-state index in [1.54, 1.807) is 0 Å². The normalized spacial score (nSPS) is 57.7. The van der Waals surface area contributed by atoms with Crippen molar-refractivity contribution in [3.05, 3.63) is 0 Å². The summed E-state index contributed by atoms with van der Waals surface area (Å²) in [6.45, 7) is 14.3. The molecular formula is C34H54O10. The molecule has 0 unspecified atom stereocenters. The molecule has 8 heterocycles. The van der Waals surface area contributed by atoms with E-state index in [4.69, 9.17) is 48.0 Å². The molecule has 4 bridgehead atoms. The van der Waals surface area contributed by atoms with E-state index < -0.39 is 35.4 Å². The highest BCUT2D eigenvalue weighted by Crippen LogP contribution is 2.62. The van der Waals surface area contributed by atoms with Crippen LogP contribution >= 0.6 is 0 Å². The Bertz CT molecular complexity index is 995. The number of hydrogen-bond donors (Lipinski definition) is 0. The summed E-state index contributed by atoms with van der Waals surface area (Å²) in [5.74, 6) is 1.18. The van der Waals surface area contributed by atoms with Crippen molar-refractivity contribution < 1.29 is 48.0 Å². The monoisotopic (exact) mass is 622 g/mol. The van der Waals surface area contributed by atoms with Crippen molar-refractivity contribution in [2.45, 2.75) is 154 Å². The van der Waals surface area contributed by atoms with Crippen molar-refractivity contribution in [1.29, 1.82) is 0 Å². The quantitative estimate of drug-likeness (QED) is 0.241. The molecule has 2 saturated carbocycles. The predicted octanol–water partition coefficient (Wildman–Crippen LogP) is 6.22. The minimum atomic E-state index is -0.771. The summed E-state index contributed by atoms with van der Waals surface area (Å²) in [5.41, 5.74) is -1.11. The Morgan fingerprint density at radius 1 is 0.545 bits per heavy atom. The Morgan fingerprint density at radius 2 is 0.977 bits per heavy atom. The van der Waals surface area contributed by atoms with Gasteiger partial charge in [0.25, 0.3) is 0 Å². The van der Waals surface area contributed by atoms with Gasteiger partial charge in [0, 0.05) is 49.7 Å². The molecule has 10 fully saturated rings. The van der Waals surface area contributed by atoms with E-state index in [1.807, 2.05) is 13.8 Å². The number of hydrogen-bond acceptors (Lipinski definition) is 10. The van der Waals surface area contributed by atoms with E-state index in [2.05, 4.69) is 27.7 Å². The van der Waals surface area contributed by atoms with Crippen LogP contribution in [0.3, 0.4) is 0 Å². The van der Waals surface area contributed by atoms with Gasteiger partial charge in [0.1, 0.15) is 0 Å². The largest absolute Gasteiger partial charge is 0.352 e. The minimum absolute atomic E-state index is 0.181. The topological polar surface area (TPSA) is 92.3 Å². The molecule has 0 N–H and O–H groups in total. The number of unbranched alkanes of at least 4 members (excludes halogenated alkanes) is 1. The van der Waals surface area contributed by atoms with Crippen molar-refractivity contribution in [3.8, 4) is 0 Å².